The van der Waals surface area contributed by atoms with Crippen molar-refractivity contribution < 1.29 is 14.6 Å². The number of ether oxygens (including phenoxy) is 2. The fourth-order valence-corrected chi connectivity index (χ4v) is 2.40. The third-order valence-corrected chi connectivity index (χ3v) is 3.72. The molecule has 0 amide bonds. The second kappa shape index (κ2) is 9.30. The first kappa shape index (κ1) is 18.3. The summed E-state index contributed by atoms with van der Waals surface area (Å²) < 4.78 is 11.7. The van der Waals surface area contributed by atoms with Gasteiger partial charge in [-0.3, -0.25) is 0 Å². The molecule has 0 heterocycles. The number of aryl methyl sites for hydroxylation is 1. The van der Waals surface area contributed by atoms with Gasteiger partial charge in [0.15, 0.2) is 11.5 Å². The molecular formula is C20H27NO3. The van der Waals surface area contributed by atoms with E-state index in [0.717, 1.165) is 17.1 Å². The Kier molecular flexibility index (Phi) is 7.09. The molecule has 2 N–H and O–H groups in total. The number of aliphatic hydroxyl groups is 1. The van der Waals surface area contributed by atoms with Crippen LogP contribution in [0.4, 0.5) is 0 Å². The maximum atomic E-state index is 9.31. The Morgan fingerprint density at radius 3 is 2.58 bits per heavy atom. The number of benzene rings is 2. The van der Waals surface area contributed by atoms with Crippen LogP contribution in [0.5, 0.6) is 11.5 Å². The highest BCUT2D eigenvalue weighted by molar-refractivity contribution is 5.43. The predicted molar refractivity (Wildman–Crippen MR) is 96.5 cm³/mol. The van der Waals surface area contributed by atoms with Crippen LogP contribution in [-0.4, -0.2) is 24.4 Å². The van der Waals surface area contributed by atoms with Crippen LogP contribution in [0.1, 0.15) is 30.5 Å². The Balaban J connectivity index is 2.04. The predicted octanol–water partition coefficient (Wildman–Crippen LogP) is 3.44. The van der Waals surface area contributed by atoms with Crippen LogP contribution < -0.4 is 14.8 Å². The van der Waals surface area contributed by atoms with E-state index in [-0.39, 0.29) is 6.10 Å². The normalized spacial score (nSPS) is 12.0. The quantitative estimate of drug-likeness (QED) is 0.740. The topological polar surface area (TPSA) is 50.7 Å². The first-order valence-electron chi connectivity index (χ1n) is 8.42. The third-order valence-electron chi connectivity index (χ3n) is 3.72. The van der Waals surface area contributed by atoms with Gasteiger partial charge in [-0.15, -0.1) is 0 Å². The molecule has 0 saturated heterocycles. The van der Waals surface area contributed by atoms with Gasteiger partial charge < -0.3 is 19.9 Å². The first-order valence-corrected chi connectivity index (χ1v) is 8.42. The Bertz CT molecular complexity index is 641. The minimum Gasteiger partial charge on any atom is -0.490 e. The van der Waals surface area contributed by atoms with Crippen LogP contribution in [0.3, 0.4) is 0 Å². The summed E-state index contributed by atoms with van der Waals surface area (Å²) in [6.45, 7) is 8.17. The molecule has 0 aliphatic heterocycles. The van der Waals surface area contributed by atoms with Gasteiger partial charge in [0.2, 0.25) is 0 Å². The lowest BCUT2D eigenvalue weighted by molar-refractivity contribution is 0.191. The van der Waals surface area contributed by atoms with Crippen molar-refractivity contribution >= 4 is 0 Å². The molecule has 2 aromatic carbocycles. The lowest BCUT2D eigenvalue weighted by Gasteiger charge is -2.15. The third kappa shape index (κ3) is 5.55. The summed E-state index contributed by atoms with van der Waals surface area (Å²) in [5.41, 5.74) is 3.49. The summed E-state index contributed by atoms with van der Waals surface area (Å²) in [6, 6.07) is 14.2. The van der Waals surface area contributed by atoms with Crippen molar-refractivity contribution in [3.05, 3.63) is 59.2 Å². The summed E-state index contributed by atoms with van der Waals surface area (Å²) in [7, 11) is 0. The number of hydrogen-bond acceptors (Lipinski definition) is 4. The van der Waals surface area contributed by atoms with Crippen LogP contribution in [0.15, 0.2) is 42.5 Å². The molecule has 0 fully saturated rings. The van der Waals surface area contributed by atoms with E-state index in [4.69, 9.17) is 9.47 Å². The Morgan fingerprint density at radius 2 is 1.88 bits per heavy atom. The van der Waals surface area contributed by atoms with E-state index in [1.165, 1.54) is 11.1 Å². The highest BCUT2D eigenvalue weighted by Gasteiger charge is 2.08. The van der Waals surface area contributed by atoms with Crippen molar-refractivity contribution in [1.29, 1.82) is 0 Å². The zero-order valence-corrected chi connectivity index (χ0v) is 14.7. The number of aliphatic hydroxyl groups excluding tert-OH is 1. The zero-order chi connectivity index (χ0) is 17.4. The highest BCUT2D eigenvalue weighted by Crippen LogP contribution is 2.29. The second-order valence-electron chi connectivity index (χ2n) is 5.91. The SMILES string of the molecule is CCOc1cc(CNCC(C)O)ccc1OCc1ccccc1C. The average Bonchev–Trinajstić information content (AvgIpc) is 2.55. The van der Waals surface area contributed by atoms with Gasteiger partial charge in [0.1, 0.15) is 6.61 Å². The molecule has 130 valence electrons. The smallest absolute Gasteiger partial charge is 0.161 e. The van der Waals surface area contributed by atoms with Crippen LogP contribution in [0.2, 0.25) is 0 Å². The van der Waals surface area contributed by atoms with Gasteiger partial charge in [-0.25, -0.2) is 0 Å². The summed E-state index contributed by atoms with van der Waals surface area (Å²) in [5.74, 6) is 1.50. The maximum Gasteiger partial charge on any atom is 0.161 e. The van der Waals surface area contributed by atoms with Crippen LogP contribution >= 0.6 is 0 Å². The molecule has 4 nitrogen and oxygen atoms in total. The molecule has 0 radical (unpaired) electrons. The van der Waals surface area contributed by atoms with Gasteiger partial charge in [0.05, 0.1) is 12.7 Å². The molecule has 24 heavy (non-hydrogen) atoms. The van der Waals surface area contributed by atoms with Crippen molar-refractivity contribution in [3.8, 4) is 11.5 Å². The molecule has 0 spiro atoms. The molecule has 0 aliphatic carbocycles. The van der Waals surface area contributed by atoms with Crippen molar-refractivity contribution in [1.82, 2.24) is 5.32 Å². The Morgan fingerprint density at radius 1 is 1.08 bits per heavy atom. The van der Waals surface area contributed by atoms with E-state index in [1.54, 1.807) is 6.92 Å². The molecule has 0 saturated carbocycles. The van der Waals surface area contributed by atoms with Crippen LogP contribution in [0, 0.1) is 6.92 Å². The van der Waals surface area contributed by atoms with E-state index in [1.807, 2.05) is 37.3 Å². The first-order chi connectivity index (χ1) is 11.6. The van der Waals surface area contributed by atoms with Crippen LogP contribution in [-0.2, 0) is 13.2 Å². The van der Waals surface area contributed by atoms with E-state index in [9.17, 15) is 5.11 Å². The van der Waals surface area contributed by atoms with Gasteiger partial charge >= 0.3 is 0 Å². The maximum absolute atomic E-state index is 9.31. The fraction of sp³-hybridized carbons (Fsp3) is 0.400. The van der Waals surface area contributed by atoms with Crippen molar-refractivity contribution in [2.75, 3.05) is 13.2 Å². The lowest BCUT2D eigenvalue weighted by Crippen LogP contribution is -2.23. The second-order valence-corrected chi connectivity index (χ2v) is 5.91. The molecule has 1 atom stereocenters. The summed E-state index contributed by atoms with van der Waals surface area (Å²) in [4.78, 5) is 0. The summed E-state index contributed by atoms with van der Waals surface area (Å²) in [5, 5.41) is 12.5. The van der Waals surface area contributed by atoms with Crippen molar-refractivity contribution in [2.24, 2.45) is 0 Å². The molecular weight excluding hydrogens is 302 g/mol. The monoisotopic (exact) mass is 329 g/mol. The average molecular weight is 329 g/mol. The highest BCUT2D eigenvalue weighted by atomic mass is 16.5. The molecule has 4 heteroatoms. The number of nitrogens with one attached hydrogen (secondary N) is 1. The standard InChI is InChI=1S/C20H27NO3/c1-4-23-20-11-17(13-21-12-16(3)22)9-10-19(20)24-14-18-8-6-5-7-15(18)2/h5-11,16,21-22H,4,12-14H2,1-3H3. The van der Waals surface area contributed by atoms with Crippen LogP contribution in [0.25, 0.3) is 0 Å². The van der Waals surface area contributed by atoms with E-state index in [2.05, 4.69) is 24.4 Å². The van der Waals surface area contributed by atoms with E-state index in [0.29, 0.717) is 26.3 Å². The molecule has 0 aromatic heterocycles. The zero-order valence-electron chi connectivity index (χ0n) is 14.7. The Labute approximate surface area is 144 Å². The molecule has 1 unspecified atom stereocenters. The molecule has 0 bridgehead atoms. The minimum absolute atomic E-state index is 0.354. The minimum atomic E-state index is -0.354. The molecule has 2 aromatic rings. The van der Waals surface area contributed by atoms with Gasteiger partial charge in [0, 0.05) is 13.1 Å². The number of hydrogen-bond donors (Lipinski definition) is 2. The van der Waals surface area contributed by atoms with Crippen molar-refractivity contribution in [2.45, 2.75) is 40.0 Å². The summed E-state index contributed by atoms with van der Waals surface area (Å²) >= 11 is 0. The van der Waals surface area contributed by atoms with E-state index < -0.39 is 0 Å². The fourth-order valence-electron chi connectivity index (χ4n) is 2.40. The van der Waals surface area contributed by atoms with Crippen molar-refractivity contribution in [3.63, 3.8) is 0 Å². The summed E-state index contributed by atoms with van der Waals surface area (Å²) in [6.07, 6.45) is -0.354. The van der Waals surface area contributed by atoms with Gasteiger partial charge in [0.25, 0.3) is 0 Å². The molecule has 2 rings (SSSR count). The van der Waals surface area contributed by atoms with Gasteiger partial charge in [-0.1, -0.05) is 30.3 Å². The number of rotatable bonds is 9. The molecule has 0 aliphatic rings. The largest absolute Gasteiger partial charge is 0.490 e. The lowest BCUT2D eigenvalue weighted by atomic mass is 10.1. The Hall–Kier alpha value is -2.04. The van der Waals surface area contributed by atoms with Gasteiger partial charge in [-0.2, -0.15) is 0 Å². The van der Waals surface area contributed by atoms with E-state index >= 15 is 0 Å². The van der Waals surface area contributed by atoms with Gasteiger partial charge in [-0.05, 0) is 49.6 Å².